The van der Waals surface area contributed by atoms with Gasteiger partial charge in [0, 0.05) is 0 Å². The van der Waals surface area contributed by atoms with Crippen molar-refractivity contribution in [1.82, 2.24) is 20.2 Å². The number of H-pyrrole nitrogens is 1. The monoisotopic (exact) mass is 238 g/mol. The standard InChI is InChI=1S/C9H7ClN4O2/c10-8-7-5(2-1-3-6(15)16)13-14-9(7)12-4-11-8/h1-2,4H,3H2,(H,15,16)(H,11,12,13,14). The molecule has 0 spiro atoms. The van der Waals surface area contributed by atoms with Crippen LogP contribution in [0.25, 0.3) is 17.1 Å². The minimum absolute atomic E-state index is 0.0637. The fourth-order valence-corrected chi connectivity index (χ4v) is 1.47. The zero-order valence-electron chi connectivity index (χ0n) is 8.01. The fourth-order valence-electron chi connectivity index (χ4n) is 1.24. The molecular weight excluding hydrogens is 232 g/mol. The van der Waals surface area contributed by atoms with Crippen LogP contribution in [0.3, 0.4) is 0 Å². The number of aromatic amines is 1. The van der Waals surface area contributed by atoms with Gasteiger partial charge < -0.3 is 5.11 Å². The third kappa shape index (κ3) is 2.01. The molecule has 0 saturated carbocycles. The topological polar surface area (TPSA) is 91.8 Å². The van der Waals surface area contributed by atoms with Crippen molar-refractivity contribution in [1.29, 1.82) is 0 Å². The van der Waals surface area contributed by atoms with Gasteiger partial charge in [0.05, 0.1) is 17.5 Å². The largest absolute Gasteiger partial charge is 0.481 e. The molecular formula is C9H7ClN4O2. The quantitative estimate of drug-likeness (QED) is 0.791. The molecule has 0 aliphatic heterocycles. The number of aliphatic carboxylic acids is 1. The fraction of sp³-hybridized carbons (Fsp3) is 0.111. The van der Waals surface area contributed by atoms with Crippen LogP contribution in [-0.2, 0) is 4.79 Å². The van der Waals surface area contributed by atoms with Gasteiger partial charge in [0.1, 0.15) is 11.5 Å². The molecule has 0 radical (unpaired) electrons. The lowest BCUT2D eigenvalue weighted by Crippen LogP contribution is -1.89. The number of halogens is 1. The maximum Gasteiger partial charge on any atom is 0.307 e. The van der Waals surface area contributed by atoms with Gasteiger partial charge >= 0.3 is 5.97 Å². The number of carbonyl (C=O) groups is 1. The van der Waals surface area contributed by atoms with E-state index in [9.17, 15) is 4.79 Å². The lowest BCUT2D eigenvalue weighted by Gasteiger charge is -1.91. The lowest BCUT2D eigenvalue weighted by molar-refractivity contribution is -0.135. The Morgan fingerprint density at radius 3 is 3.12 bits per heavy atom. The smallest absolute Gasteiger partial charge is 0.307 e. The van der Waals surface area contributed by atoms with E-state index in [-0.39, 0.29) is 11.6 Å². The van der Waals surface area contributed by atoms with Crippen molar-refractivity contribution >= 4 is 34.7 Å². The van der Waals surface area contributed by atoms with E-state index in [1.807, 2.05) is 0 Å². The predicted molar refractivity (Wildman–Crippen MR) is 58.0 cm³/mol. The van der Waals surface area contributed by atoms with Gasteiger partial charge in [0.15, 0.2) is 5.65 Å². The minimum Gasteiger partial charge on any atom is -0.481 e. The lowest BCUT2D eigenvalue weighted by atomic mass is 10.2. The summed E-state index contributed by atoms with van der Waals surface area (Å²) in [5.74, 6) is -0.901. The number of carboxylic acid groups (broad SMARTS) is 1. The van der Waals surface area contributed by atoms with Crippen LogP contribution in [0.15, 0.2) is 12.4 Å². The first-order chi connectivity index (χ1) is 7.68. The molecule has 0 atom stereocenters. The third-order valence-electron chi connectivity index (χ3n) is 1.91. The molecule has 0 unspecified atom stereocenters. The molecule has 2 aromatic heterocycles. The molecule has 0 bridgehead atoms. The van der Waals surface area contributed by atoms with E-state index in [4.69, 9.17) is 16.7 Å². The van der Waals surface area contributed by atoms with Crippen molar-refractivity contribution in [2.24, 2.45) is 0 Å². The van der Waals surface area contributed by atoms with Crippen molar-refractivity contribution in [3.8, 4) is 0 Å². The first-order valence-corrected chi connectivity index (χ1v) is 4.79. The van der Waals surface area contributed by atoms with Crippen LogP contribution in [0, 0.1) is 0 Å². The summed E-state index contributed by atoms with van der Waals surface area (Å²) in [4.78, 5) is 18.1. The molecule has 16 heavy (non-hydrogen) atoms. The molecule has 0 amide bonds. The van der Waals surface area contributed by atoms with Gasteiger partial charge in [0.25, 0.3) is 0 Å². The van der Waals surface area contributed by atoms with E-state index in [1.165, 1.54) is 12.4 Å². The highest BCUT2D eigenvalue weighted by Gasteiger charge is 2.08. The highest BCUT2D eigenvalue weighted by molar-refractivity contribution is 6.34. The van der Waals surface area contributed by atoms with E-state index in [1.54, 1.807) is 6.08 Å². The normalized spacial score (nSPS) is 11.3. The number of nitrogens with one attached hydrogen (secondary N) is 1. The molecule has 0 aliphatic rings. The third-order valence-corrected chi connectivity index (χ3v) is 2.20. The number of carboxylic acids is 1. The molecule has 6 nitrogen and oxygen atoms in total. The van der Waals surface area contributed by atoms with Gasteiger partial charge in [-0.25, -0.2) is 9.97 Å². The number of hydrogen-bond acceptors (Lipinski definition) is 4. The Morgan fingerprint density at radius 2 is 2.38 bits per heavy atom. The minimum atomic E-state index is -0.901. The number of rotatable bonds is 3. The van der Waals surface area contributed by atoms with Crippen LogP contribution in [-0.4, -0.2) is 31.2 Å². The Labute approximate surface area is 95.0 Å². The molecule has 2 aromatic rings. The first-order valence-electron chi connectivity index (χ1n) is 4.41. The highest BCUT2D eigenvalue weighted by atomic mass is 35.5. The van der Waals surface area contributed by atoms with Gasteiger partial charge in [-0.2, -0.15) is 5.10 Å². The zero-order chi connectivity index (χ0) is 11.5. The Balaban J connectivity index is 2.38. The zero-order valence-corrected chi connectivity index (χ0v) is 8.77. The molecule has 2 heterocycles. The second-order valence-electron chi connectivity index (χ2n) is 3.00. The second kappa shape index (κ2) is 4.28. The van der Waals surface area contributed by atoms with E-state index in [2.05, 4.69) is 20.2 Å². The molecule has 0 aromatic carbocycles. The van der Waals surface area contributed by atoms with Gasteiger partial charge in [-0.05, 0) is 6.08 Å². The molecule has 0 fully saturated rings. The summed E-state index contributed by atoms with van der Waals surface area (Å²) in [6.45, 7) is 0. The Hall–Kier alpha value is -1.95. The van der Waals surface area contributed by atoms with E-state index in [0.717, 1.165) is 0 Å². The van der Waals surface area contributed by atoms with Gasteiger partial charge in [-0.15, -0.1) is 0 Å². The summed E-state index contributed by atoms with van der Waals surface area (Å²) < 4.78 is 0. The number of aromatic nitrogens is 4. The average molecular weight is 239 g/mol. The van der Waals surface area contributed by atoms with Gasteiger partial charge in [-0.1, -0.05) is 17.7 Å². The number of fused-ring (bicyclic) bond motifs is 1. The molecule has 7 heteroatoms. The molecule has 0 saturated heterocycles. The van der Waals surface area contributed by atoms with Crippen molar-refractivity contribution in [2.75, 3.05) is 0 Å². The summed E-state index contributed by atoms with van der Waals surface area (Å²) in [5, 5.41) is 16.0. The Morgan fingerprint density at radius 1 is 1.56 bits per heavy atom. The summed E-state index contributed by atoms with van der Waals surface area (Å²) in [7, 11) is 0. The first kappa shape index (κ1) is 10.6. The van der Waals surface area contributed by atoms with Gasteiger partial charge in [-0.3, -0.25) is 9.89 Å². The number of nitrogens with zero attached hydrogens (tertiary/aromatic N) is 3. The van der Waals surface area contributed by atoms with Crippen LogP contribution < -0.4 is 0 Å². The van der Waals surface area contributed by atoms with Crippen molar-refractivity contribution in [3.63, 3.8) is 0 Å². The molecule has 2 N–H and O–H groups in total. The van der Waals surface area contributed by atoms with E-state index >= 15 is 0 Å². The summed E-state index contributed by atoms with van der Waals surface area (Å²) in [6, 6.07) is 0. The van der Waals surface area contributed by atoms with Crippen LogP contribution in [0.4, 0.5) is 0 Å². The maximum atomic E-state index is 10.3. The average Bonchev–Trinajstić information content (AvgIpc) is 2.62. The van der Waals surface area contributed by atoms with E-state index < -0.39 is 5.97 Å². The highest BCUT2D eigenvalue weighted by Crippen LogP contribution is 2.21. The van der Waals surface area contributed by atoms with Crippen LogP contribution in [0.1, 0.15) is 12.1 Å². The van der Waals surface area contributed by atoms with Crippen molar-refractivity contribution in [3.05, 3.63) is 23.3 Å². The maximum absolute atomic E-state index is 10.3. The molecule has 82 valence electrons. The predicted octanol–water partition coefficient (Wildman–Crippen LogP) is 1.49. The number of hydrogen-bond donors (Lipinski definition) is 2. The Bertz CT molecular complexity index is 564. The van der Waals surface area contributed by atoms with E-state index in [0.29, 0.717) is 16.7 Å². The van der Waals surface area contributed by atoms with Crippen LogP contribution in [0.5, 0.6) is 0 Å². The van der Waals surface area contributed by atoms with Crippen LogP contribution in [0.2, 0.25) is 5.15 Å². The Kier molecular flexibility index (Phi) is 2.82. The second-order valence-corrected chi connectivity index (χ2v) is 3.36. The van der Waals surface area contributed by atoms with Crippen molar-refractivity contribution < 1.29 is 9.90 Å². The van der Waals surface area contributed by atoms with Crippen LogP contribution >= 0.6 is 11.6 Å². The molecule has 0 aliphatic carbocycles. The van der Waals surface area contributed by atoms with Crippen molar-refractivity contribution in [2.45, 2.75) is 6.42 Å². The summed E-state index contributed by atoms with van der Waals surface area (Å²) in [5.41, 5.74) is 1.05. The van der Waals surface area contributed by atoms with Gasteiger partial charge in [0.2, 0.25) is 0 Å². The molecule has 2 rings (SSSR count). The SMILES string of the molecule is O=C(O)CC=Cc1[nH]nc2ncnc(Cl)c12. The summed E-state index contributed by atoms with van der Waals surface area (Å²) in [6.07, 6.45) is 4.35. The summed E-state index contributed by atoms with van der Waals surface area (Å²) >= 11 is 5.88.